The van der Waals surface area contributed by atoms with Gasteiger partial charge in [0.15, 0.2) is 34.9 Å². The molecule has 0 heterocycles. The van der Waals surface area contributed by atoms with Crippen molar-refractivity contribution in [2.75, 3.05) is 5.32 Å². The molecule has 32 heavy (non-hydrogen) atoms. The summed E-state index contributed by atoms with van der Waals surface area (Å²) in [6, 6.07) is 4.57. The van der Waals surface area contributed by atoms with Crippen LogP contribution in [0.25, 0.3) is 11.1 Å². The van der Waals surface area contributed by atoms with Crippen LogP contribution in [-0.4, -0.2) is 11.1 Å². The molecule has 0 amide bonds. The van der Waals surface area contributed by atoms with Gasteiger partial charge in [0.2, 0.25) is 5.82 Å². The van der Waals surface area contributed by atoms with Crippen LogP contribution >= 0.6 is 38.5 Å². The van der Waals surface area contributed by atoms with Crippen LogP contribution in [0, 0.1) is 51.2 Å². The van der Waals surface area contributed by atoms with Crippen molar-refractivity contribution in [2.24, 2.45) is 0 Å². The second-order valence-electron chi connectivity index (χ2n) is 6.40. The number of aryl methyl sites for hydroxylation is 1. The lowest BCUT2D eigenvalue weighted by molar-refractivity contribution is 0.0698. The summed E-state index contributed by atoms with van der Waals surface area (Å²) in [5, 5.41) is 12.0. The highest BCUT2D eigenvalue weighted by Crippen LogP contribution is 2.44. The van der Waals surface area contributed by atoms with Gasteiger partial charge in [-0.1, -0.05) is 0 Å². The number of carboxylic acid groups (broad SMARTS) is 1. The van der Waals surface area contributed by atoms with Gasteiger partial charge in [0, 0.05) is 14.8 Å². The number of anilines is 2. The van der Waals surface area contributed by atoms with Crippen molar-refractivity contribution >= 4 is 55.9 Å². The van der Waals surface area contributed by atoms with Crippen molar-refractivity contribution in [1.82, 2.24) is 0 Å². The van der Waals surface area contributed by atoms with E-state index in [4.69, 9.17) is 0 Å². The number of hydrogen-bond acceptors (Lipinski definition) is 2. The average Bonchev–Trinajstić information content (AvgIpc) is 2.73. The van der Waals surface area contributed by atoms with Crippen LogP contribution in [0.3, 0.4) is 0 Å². The number of rotatable bonds is 4. The molecule has 168 valence electrons. The molecule has 3 nitrogen and oxygen atoms in total. The van der Waals surface area contributed by atoms with Crippen molar-refractivity contribution in [3.8, 4) is 11.1 Å². The molecule has 0 radical (unpaired) electrons. The van der Waals surface area contributed by atoms with E-state index in [0.717, 1.165) is 3.57 Å². The SMILES string of the molecule is Cc1cc(I)ccc1Nc1c(F)c(F)c(Br)c(-c2c(F)c(F)c(F)c(F)c2F)c1C(=O)O. The first-order valence-corrected chi connectivity index (χ1v) is 10.2. The Morgan fingerprint density at radius 3 is 1.91 bits per heavy atom. The third-order valence-electron chi connectivity index (χ3n) is 4.45. The Kier molecular flexibility index (Phi) is 6.75. The van der Waals surface area contributed by atoms with Crippen molar-refractivity contribution in [2.45, 2.75) is 6.92 Å². The number of carbonyl (C=O) groups is 1. The van der Waals surface area contributed by atoms with Crippen LogP contribution in [-0.2, 0) is 0 Å². The van der Waals surface area contributed by atoms with Crippen molar-refractivity contribution in [3.63, 3.8) is 0 Å². The normalized spacial score (nSPS) is 11.1. The maximum absolute atomic E-state index is 14.8. The molecule has 0 unspecified atom stereocenters. The first kappa shape index (κ1) is 24.3. The molecule has 0 spiro atoms. The minimum Gasteiger partial charge on any atom is -0.478 e. The highest BCUT2D eigenvalue weighted by molar-refractivity contribution is 14.1. The number of halogens is 9. The Bertz CT molecular complexity index is 1270. The maximum Gasteiger partial charge on any atom is 0.338 e. The molecule has 3 aromatic rings. The van der Waals surface area contributed by atoms with Crippen LogP contribution in [0.1, 0.15) is 15.9 Å². The quantitative estimate of drug-likeness (QED) is 0.136. The monoisotopic (exact) mass is 633 g/mol. The molecule has 0 saturated heterocycles. The zero-order valence-corrected chi connectivity index (χ0v) is 19.2. The summed E-state index contributed by atoms with van der Waals surface area (Å²) in [4.78, 5) is 12.0. The Labute approximate surface area is 197 Å². The standard InChI is InChI=1S/C20H8BrF7INO2/c1-5-4-6(29)2-3-7(5)30-19-10(20(31)32)8(11(21)14(24)18(19)28)9-12(22)15(25)17(27)16(26)13(9)23/h2-4,30H,1H3,(H,31,32). The van der Waals surface area contributed by atoms with Crippen LogP contribution in [0.4, 0.5) is 42.1 Å². The molecule has 3 rings (SSSR count). The van der Waals surface area contributed by atoms with E-state index in [1.165, 1.54) is 6.07 Å². The Morgan fingerprint density at radius 2 is 1.41 bits per heavy atom. The number of carboxylic acids is 1. The van der Waals surface area contributed by atoms with E-state index in [2.05, 4.69) is 21.2 Å². The largest absolute Gasteiger partial charge is 0.478 e. The van der Waals surface area contributed by atoms with Crippen LogP contribution in [0.5, 0.6) is 0 Å². The number of hydrogen-bond donors (Lipinski definition) is 2. The van der Waals surface area contributed by atoms with E-state index in [0.29, 0.717) is 5.56 Å². The maximum atomic E-state index is 14.8. The van der Waals surface area contributed by atoms with E-state index >= 15 is 0 Å². The summed E-state index contributed by atoms with van der Waals surface area (Å²) in [5.74, 6) is -17.6. The third-order valence-corrected chi connectivity index (χ3v) is 5.86. The average molecular weight is 634 g/mol. The van der Waals surface area contributed by atoms with Gasteiger partial charge in [-0.3, -0.25) is 0 Å². The first-order chi connectivity index (χ1) is 14.9. The van der Waals surface area contributed by atoms with E-state index < -0.39 is 73.5 Å². The fraction of sp³-hybridized carbons (Fsp3) is 0.0500. The van der Waals surface area contributed by atoms with Gasteiger partial charge in [-0.25, -0.2) is 35.5 Å². The van der Waals surface area contributed by atoms with E-state index in [1.54, 1.807) is 19.1 Å². The Morgan fingerprint density at radius 1 is 0.875 bits per heavy atom. The second-order valence-corrected chi connectivity index (χ2v) is 8.44. The lowest BCUT2D eigenvalue weighted by Crippen LogP contribution is -2.13. The molecular formula is C20H8BrF7INO2. The Balaban J connectivity index is 2.46. The van der Waals surface area contributed by atoms with E-state index in [-0.39, 0.29) is 5.69 Å². The van der Waals surface area contributed by atoms with Crippen LogP contribution in [0.15, 0.2) is 22.7 Å². The summed E-state index contributed by atoms with van der Waals surface area (Å²) < 4.78 is 98.9. The van der Waals surface area contributed by atoms with Gasteiger partial charge >= 0.3 is 5.97 Å². The van der Waals surface area contributed by atoms with Gasteiger partial charge in [-0.05, 0) is 69.2 Å². The van der Waals surface area contributed by atoms with Gasteiger partial charge in [0.1, 0.15) is 0 Å². The fourth-order valence-corrected chi connectivity index (χ4v) is 4.17. The first-order valence-electron chi connectivity index (χ1n) is 8.37. The molecular weight excluding hydrogens is 626 g/mol. The highest BCUT2D eigenvalue weighted by Gasteiger charge is 2.35. The fourth-order valence-electron chi connectivity index (χ4n) is 2.95. The predicted molar refractivity (Wildman–Crippen MR) is 113 cm³/mol. The van der Waals surface area contributed by atoms with E-state index in [9.17, 15) is 40.6 Å². The number of benzene rings is 3. The van der Waals surface area contributed by atoms with Gasteiger partial charge in [0.05, 0.1) is 21.3 Å². The zero-order valence-electron chi connectivity index (χ0n) is 15.5. The molecule has 3 aromatic carbocycles. The number of nitrogens with one attached hydrogen (secondary N) is 1. The lowest BCUT2D eigenvalue weighted by Gasteiger charge is -2.19. The van der Waals surface area contributed by atoms with Crippen molar-refractivity contribution in [3.05, 3.63) is 78.1 Å². The molecule has 12 heteroatoms. The Hall–Kier alpha value is -2.35. The third kappa shape index (κ3) is 3.93. The molecule has 0 aromatic heterocycles. The molecule has 2 N–H and O–H groups in total. The summed E-state index contributed by atoms with van der Waals surface area (Å²) in [7, 11) is 0. The molecule has 0 bridgehead atoms. The second kappa shape index (κ2) is 8.89. The topological polar surface area (TPSA) is 49.3 Å². The molecule has 0 aliphatic heterocycles. The molecule has 0 aliphatic rings. The summed E-state index contributed by atoms with van der Waals surface area (Å²) in [6.45, 7) is 1.56. The van der Waals surface area contributed by atoms with Crippen molar-refractivity contribution < 1.29 is 40.6 Å². The zero-order chi connectivity index (χ0) is 24.1. The highest BCUT2D eigenvalue weighted by atomic mass is 127. The predicted octanol–water partition coefficient (Wildman–Crippen LogP) is 7.44. The molecule has 0 atom stereocenters. The van der Waals surface area contributed by atoms with Crippen LogP contribution in [0.2, 0.25) is 0 Å². The number of aromatic carboxylic acids is 1. The smallest absolute Gasteiger partial charge is 0.338 e. The van der Waals surface area contributed by atoms with Crippen LogP contribution < -0.4 is 5.32 Å². The minimum atomic E-state index is -2.49. The van der Waals surface area contributed by atoms with Gasteiger partial charge in [-0.15, -0.1) is 0 Å². The summed E-state index contributed by atoms with van der Waals surface area (Å²) in [5.41, 5.74) is -4.74. The minimum absolute atomic E-state index is 0.108. The van der Waals surface area contributed by atoms with Crippen molar-refractivity contribution in [1.29, 1.82) is 0 Å². The molecule has 0 aliphatic carbocycles. The van der Waals surface area contributed by atoms with E-state index in [1.807, 2.05) is 22.6 Å². The van der Waals surface area contributed by atoms with Gasteiger partial charge < -0.3 is 10.4 Å². The molecule has 0 saturated carbocycles. The lowest BCUT2D eigenvalue weighted by atomic mass is 9.95. The summed E-state index contributed by atoms with van der Waals surface area (Å²) >= 11 is 4.46. The van der Waals surface area contributed by atoms with Gasteiger partial charge in [0.25, 0.3) is 0 Å². The van der Waals surface area contributed by atoms with Gasteiger partial charge in [-0.2, -0.15) is 0 Å². The summed E-state index contributed by atoms with van der Waals surface area (Å²) in [6.07, 6.45) is 0. The molecule has 0 fully saturated rings.